The van der Waals surface area contributed by atoms with Crippen LogP contribution in [0, 0.1) is 18.6 Å². The minimum Gasteiger partial charge on any atom is -0.471 e. The number of carbonyl (C=O) groups is 3. The lowest BCUT2D eigenvalue weighted by Crippen LogP contribution is -2.42. The molecule has 0 bridgehead atoms. The minimum absolute atomic E-state index is 0.0323. The number of aromatic nitrogens is 2. The molecule has 0 aliphatic carbocycles. The Hall–Kier alpha value is -4.16. The van der Waals surface area contributed by atoms with Gasteiger partial charge in [0, 0.05) is 17.2 Å². The van der Waals surface area contributed by atoms with Crippen LogP contribution in [0.3, 0.4) is 0 Å². The van der Waals surface area contributed by atoms with Gasteiger partial charge in [0.05, 0.1) is 25.3 Å². The molecule has 13 heteroatoms. The number of amides is 3. The number of nitrogens with zero attached hydrogens (tertiary/aromatic N) is 3. The van der Waals surface area contributed by atoms with Crippen molar-refractivity contribution in [1.29, 1.82) is 0 Å². The zero-order valence-electron chi connectivity index (χ0n) is 19.9. The van der Waals surface area contributed by atoms with Gasteiger partial charge in [0.1, 0.15) is 30.6 Å². The lowest BCUT2D eigenvalue weighted by atomic mass is 10.1. The van der Waals surface area contributed by atoms with Crippen LogP contribution in [0.25, 0.3) is 5.69 Å². The number of rotatable bonds is 8. The van der Waals surface area contributed by atoms with Crippen molar-refractivity contribution >= 4 is 29.3 Å². The fourth-order valence-corrected chi connectivity index (χ4v) is 4.05. The number of hydrogen-bond donors (Lipinski definition) is 2. The topological polar surface area (TPSA) is 131 Å². The molecule has 2 aromatic carbocycles. The highest BCUT2D eigenvalue weighted by molar-refractivity contribution is 6.31. The number of carbonyl (C=O) groups excluding carboxylic acids is 3. The van der Waals surface area contributed by atoms with Gasteiger partial charge in [0.25, 0.3) is 17.4 Å². The molecule has 1 atom stereocenters. The van der Waals surface area contributed by atoms with Gasteiger partial charge in [-0.15, -0.1) is 0 Å². The largest absolute Gasteiger partial charge is 0.471 e. The molecule has 1 aliphatic rings. The number of β-amino-alcohol motifs (C(OH)–C–C–N with tert-alkyl or cyclic N) is 1. The average molecular weight is 547 g/mol. The molecule has 3 aromatic rings. The Morgan fingerprint density at radius 3 is 2.68 bits per heavy atom. The molecule has 1 aliphatic heterocycles. The summed E-state index contributed by atoms with van der Waals surface area (Å²) in [5, 5.41) is 11.1. The molecular weight excluding hydrogens is 526 g/mol. The summed E-state index contributed by atoms with van der Waals surface area (Å²) < 4.78 is 33.4. The van der Waals surface area contributed by atoms with E-state index in [2.05, 4.69) is 10.3 Å². The predicted octanol–water partition coefficient (Wildman–Crippen LogP) is 1.90. The first-order chi connectivity index (χ1) is 18.1. The molecule has 0 spiro atoms. The molecule has 10 nitrogen and oxygen atoms in total. The van der Waals surface area contributed by atoms with Crippen molar-refractivity contribution in [2.75, 3.05) is 13.2 Å². The van der Waals surface area contributed by atoms with Crippen molar-refractivity contribution in [2.45, 2.75) is 26.0 Å². The third-order valence-electron chi connectivity index (χ3n) is 5.87. The Balaban J connectivity index is 1.54. The quantitative estimate of drug-likeness (QED) is 0.413. The van der Waals surface area contributed by atoms with Gasteiger partial charge in [-0.25, -0.2) is 13.8 Å². The van der Waals surface area contributed by atoms with Gasteiger partial charge in [-0.05, 0) is 36.8 Å². The first-order valence-corrected chi connectivity index (χ1v) is 11.7. The van der Waals surface area contributed by atoms with E-state index in [9.17, 15) is 28.0 Å². The van der Waals surface area contributed by atoms with Crippen molar-refractivity contribution in [3.8, 4) is 11.6 Å². The number of aryl methyl sites for hydroxylation is 1. The lowest BCUT2D eigenvalue weighted by molar-refractivity contribution is -0.139. The van der Waals surface area contributed by atoms with E-state index in [-0.39, 0.29) is 42.3 Å². The van der Waals surface area contributed by atoms with Crippen molar-refractivity contribution in [1.82, 2.24) is 19.8 Å². The van der Waals surface area contributed by atoms with Crippen LogP contribution < -0.4 is 15.6 Å². The molecule has 1 saturated heterocycles. The van der Waals surface area contributed by atoms with Crippen molar-refractivity contribution in [3.05, 3.63) is 86.4 Å². The monoisotopic (exact) mass is 546 g/mol. The molecule has 3 amide bonds. The Labute approximate surface area is 219 Å². The van der Waals surface area contributed by atoms with Crippen LogP contribution in [0.4, 0.5) is 8.78 Å². The van der Waals surface area contributed by atoms with Gasteiger partial charge in [-0.1, -0.05) is 17.7 Å². The zero-order chi connectivity index (χ0) is 27.6. The van der Waals surface area contributed by atoms with E-state index in [1.165, 1.54) is 18.2 Å². The van der Waals surface area contributed by atoms with Gasteiger partial charge in [0.15, 0.2) is 5.02 Å². The number of hydrogen-bond acceptors (Lipinski definition) is 7. The summed E-state index contributed by atoms with van der Waals surface area (Å²) in [6.07, 6.45) is 0.895. The number of imide groups is 1. The number of aliphatic hydroxyl groups excluding tert-OH is 1. The summed E-state index contributed by atoms with van der Waals surface area (Å²) in [7, 11) is 0. The molecule has 2 N–H and O–H groups in total. The van der Waals surface area contributed by atoms with Crippen LogP contribution in [-0.4, -0.2) is 56.5 Å². The Kier molecular flexibility index (Phi) is 7.83. The first kappa shape index (κ1) is 26.9. The molecule has 2 heterocycles. The van der Waals surface area contributed by atoms with Gasteiger partial charge < -0.3 is 15.2 Å². The Bertz CT molecular complexity index is 1500. The summed E-state index contributed by atoms with van der Waals surface area (Å²) in [5.41, 5.74) is 0.258. The molecule has 1 aromatic heterocycles. The highest BCUT2D eigenvalue weighted by atomic mass is 35.5. The van der Waals surface area contributed by atoms with Crippen molar-refractivity contribution in [3.63, 3.8) is 0 Å². The van der Waals surface area contributed by atoms with Crippen molar-refractivity contribution < 1.29 is 33.0 Å². The van der Waals surface area contributed by atoms with Crippen molar-refractivity contribution in [2.24, 2.45) is 0 Å². The Morgan fingerprint density at radius 1 is 1.21 bits per heavy atom. The second-order valence-electron chi connectivity index (χ2n) is 8.40. The number of likely N-dealkylation sites (tertiary alicyclic amines) is 1. The van der Waals surface area contributed by atoms with Gasteiger partial charge in [0.2, 0.25) is 11.8 Å². The maximum absolute atomic E-state index is 13.9. The molecule has 0 radical (unpaired) electrons. The smallest absolute Gasteiger partial charge is 0.280 e. The maximum Gasteiger partial charge on any atom is 0.280 e. The standard InChI is InChI=1S/C25H21ClF2N4O6/c1-13-2-3-14(22(35)30-18-10-20(34)31(6-7-33)24(18)36)8-19(13)32-12-29-23(21(26)25(32)37)38-11-15-4-5-16(27)9-17(15)28/h2-5,8-9,12,18,33H,6-7,10-11H2,1H3,(H,30,35)/t18-/m0/s1. The molecule has 0 saturated carbocycles. The number of ether oxygens (including phenoxy) is 1. The van der Waals surface area contributed by atoms with E-state index >= 15 is 0 Å². The van der Waals surface area contributed by atoms with Crippen LogP contribution in [0.15, 0.2) is 47.5 Å². The van der Waals surface area contributed by atoms with E-state index in [0.717, 1.165) is 21.9 Å². The number of benzene rings is 2. The van der Waals surface area contributed by atoms with Gasteiger partial charge in [-0.2, -0.15) is 0 Å². The maximum atomic E-state index is 13.9. The molecule has 4 rings (SSSR count). The third-order valence-corrected chi connectivity index (χ3v) is 6.19. The van der Waals surface area contributed by atoms with Crippen LogP contribution in [0.1, 0.15) is 27.9 Å². The van der Waals surface area contributed by atoms with E-state index in [1.807, 2.05) is 0 Å². The summed E-state index contributed by atoms with van der Waals surface area (Å²) in [5.74, 6) is -3.62. The Morgan fingerprint density at radius 2 is 1.97 bits per heavy atom. The van der Waals surface area contributed by atoms with Gasteiger partial charge in [-0.3, -0.25) is 28.6 Å². The molecular formula is C25H21ClF2N4O6. The van der Waals surface area contributed by atoms with E-state index < -0.39 is 52.6 Å². The predicted molar refractivity (Wildman–Crippen MR) is 130 cm³/mol. The minimum atomic E-state index is -1.08. The third kappa shape index (κ3) is 5.41. The number of halogens is 3. The van der Waals surface area contributed by atoms with Crippen LogP contribution in [0.2, 0.25) is 5.02 Å². The van der Waals surface area contributed by atoms with Gasteiger partial charge >= 0.3 is 0 Å². The summed E-state index contributed by atoms with van der Waals surface area (Å²) in [6, 6.07) is 6.33. The van der Waals surface area contributed by atoms with Crippen LogP contribution >= 0.6 is 11.6 Å². The summed E-state index contributed by atoms with van der Waals surface area (Å²) >= 11 is 6.17. The molecule has 1 fully saturated rings. The summed E-state index contributed by atoms with van der Waals surface area (Å²) in [6.45, 7) is 0.784. The lowest BCUT2D eigenvalue weighted by Gasteiger charge is -2.15. The normalized spacial score (nSPS) is 15.2. The first-order valence-electron chi connectivity index (χ1n) is 11.3. The summed E-state index contributed by atoms with van der Waals surface area (Å²) in [4.78, 5) is 55.1. The second-order valence-corrected chi connectivity index (χ2v) is 8.78. The fraction of sp³-hybridized carbons (Fsp3) is 0.240. The van der Waals surface area contributed by atoms with E-state index in [1.54, 1.807) is 13.0 Å². The molecule has 198 valence electrons. The molecule has 0 unspecified atom stereocenters. The second kappa shape index (κ2) is 11.1. The van der Waals surface area contributed by atoms with E-state index in [0.29, 0.717) is 11.6 Å². The van der Waals surface area contributed by atoms with Crippen LogP contribution in [0.5, 0.6) is 5.88 Å². The molecule has 38 heavy (non-hydrogen) atoms. The van der Waals surface area contributed by atoms with E-state index in [4.69, 9.17) is 21.4 Å². The zero-order valence-corrected chi connectivity index (χ0v) is 20.7. The fourth-order valence-electron chi connectivity index (χ4n) is 3.86. The average Bonchev–Trinajstić information content (AvgIpc) is 3.14. The number of nitrogens with one attached hydrogen (secondary N) is 1. The number of aliphatic hydroxyl groups is 1. The highest BCUT2D eigenvalue weighted by Crippen LogP contribution is 2.22. The SMILES string of the molecule is Cc1ccc(C(=O)N[C@H]2CC(=O)N(CCO)C2=O)cc1-n1cnc(OCc2ccc(F)cc2F)c(Cl)c1=O. The van der Waals surface area contributed by atoms with Crippen LogP contribution in [-0.2, 0) is 16.2 Å². The highest BCUT2D eigenvalue weighted by Gasteiger charge is 2.39.